The SMILES string of the molecule is C=C/C=C/OCCCCC[N+]12CCC(CC1)[C@@H](OCC(O)(c1ccccc1)C1CCCC1)C2. The zero-order chi connectivity index (χ0) is 23.0. The maximum atomic E-state index is 11.9. The van der Waals surface area contributed by atoms with Gasteiger partial charge in [-0.1, -0.05) is 55.8 Å². The first-order valence-corrected chi connectivity index (χ1v) is 13.3. The molecule has 182 valence electrons. The minimum Gasteiger partial charge on any atom is -0.501 e. The normalized spacial score (nSPS) is 29.4. The highest BCUT2D eigenvalue weighted by atomic mass is 16.5. The van der Waals surface area contributed by atoms with E-state index in [1.54, 1.807) is 12.3 Å². The first kappa shape index (κ1) is 24.5. The summed E-state index contributed by atoms with van der Waals surface area (Å²) in [7, 11) is 0. The number of ether oxygens (including phenoxy) is 2. The molecule has 1 aliphatic carbocycles. The second-order valence-corrected chi connectivity index (χ2v) is 10.6. The van der Waals surface area contributed by atoms with Crippen molar-refractivity contribution in [2.24, 2.45) is 11.8 Å². The highest BCUT2D eigenvalue weighted by molar-refractivity contribution is 5.24. The third kappa shape index (κ3) is 6.09. The Kier molecular flexibility index (Phi) is 8.67. The van der Waals surface area contributed by atoms with Crippen molar-refractivity contribution in [3.05, 3.63) is 60.9 Å². The molecule has 5 rings (SSSR count). The number of aliphatic hydroxyl groups is 1. The van der Waals surface area contributed by atoms with E-state index >= 15 is 0 Å². The van der Waals surface area contributed by atoms with Gasteiger partial charge in [-0.2, -0.15) is 0 Å². The summed E-state index contributed by atoms with van der Waals surface area (Å²) in [6.07, 6.45) is 16.4. The fourth-order valence-corrected chi connectivity index (χ4v) is 6.51. The van der Waals surface area contributed by atoms with Gasteiger partial charge in [0.25, 0.3) is 0 Å². The Balaban J connectivity index is 1.30. The predicted molar refractivity (Wildman–Crippen MR) is 134 cm³/mol. The van der Waals surface area contributed by atoms with Crippen LogP contribution in [0, 0.1) is 11.8 Å². The third-order valence-electron chi connectivity index (χ3n) is 8.57. The van der Waals surface area contributed by atoms with E-state index in [-0.39, 0.29) is 6.10 Å². The molecule has 0 aromatic heterocycles. The fraction of sp³-hybridized carbons (Fsp3) is 0.655. The number of fused-ring (bicyclic) bond motifs is 3. The monoisotopic (exact) mass is 454 g/mol. The van der Waals surface area contributed by atoms with Crippen LogP contribution in [0.1, 0.15) is 63.4 Å². The maximum absolute atomic E-state index is 11.9. The van der Waals surface area contributed by atoms with Crippen LogP contribution in [0.2, 0.25) is 0 Å². The van der Waals surface area contributed by atoms with E-state index in [9.17, 15) is 5.11 Å². The zero-order valence-corrected chi connectivity index (χ0v) is 20.4. The molecular weight excluding hydrogens is 410 g/mol. The molecule has 4 nitrogen and oxygen atoms in total. The summed E-state index contributed by atoms with van der Waals surface area (Å²) in [5.41, 5.74) is 0.182. The zero-order valence-electron chi connectivity index (χ0n) is 20.4. The minimum atomic E-state index is -0.853. The van der Waals surface area contributed by atoms with E-state index in [1.165, 1.54) is 62.6 Å². The molecule has 2 atom stereocenters. The molecule has 3 heterocycles. The molecule has 1 aromatic rings. The van der Waals surface area contributed by atoms with Crippen LogP contribution >= 0.6 is 0 Å². The van der Waals surface area contributed by atoms with Crippen LogP contribution in [-0.4, -0.2) is 55.1 Å². The molecule has 3 saturated heterocycles. The highest BCUT2D eigenvalue weighted by Crippen LogP contribution is 2.42. The summed E-state index contributed by atoms with van der Waals surface area (Å²) < 4.78 is 13.4. The smallest absolute Gasteiger partial charge is 0.116 e. The van der Waals surface area contributed by atoms with Crippen molar-refractivity contribution in [1.29, 1.82) is 0 Å². The van der Waals surface area contributed by atoms with Gasteiger partial charge in [0.2, 0.25) is 0 Å². The number of hydrogen-bond acceptors (Lipinski definition) is 3. The van der Waals surface area contributed by atoms with Crippen molar-refractivity contribution >= 4 is 0 Å². The molecule has 0 spiro atoms. The molecule has 33 heavy (non-hydrogen) atoms. The second-order valence-electron chi connectivity index (χ2n) is 10.6. The van der Waals surface area contributed by atoms with E-state index in [1.807, 2.05) is 24.3 Å². The van der Waals surface area contributed by atoms with Crippen molar-refractivity contribution < 1.29 is 19.1 Å². The van der Waals surface area contributed by atoms with Crippen LogP contribution in [0.15, 0.2) is 55.3 Å². The van der Waals surface area contributed by atoms with Crippen LogP contribution < -0.4 is 0 Å². The number of rotatable bonds is 13. The Labute approximate surface area is 200 Å². The lowest BCUT2D eigenvalue weighted by Crippen LogP contribution is -2.64. The van der Waals surface area contributed by atoms with E-state index in [2.05, 4.69) is 18.7 Å². The molecule has 1 N–H and O–H groups in total. The van der Waals surface area contributed by atoms with Crippen molar-refractivity contribution in [2.45, 2.75) is 69.5 Å². The quantitative estimate of drug-likeness (QED) is 0.183. The summed E-state index contributed by atoms with van der Waals surface area (Å²) in [6.45, 7) is 9.86. The first-order valence-electron chi connectivity index (χ1n) is 13.3. The van der Waals surface area contributed by atoms with Crippen LogP contribution in [0.25, 0.3) is 0 Å². The Morgan fingerprint density at radius 2 is 1.79 bits per heavy atom. The van der Waals surface area contributed by atoms with Gasteiger partial charge in [-0.25, -0.2) is 0 Å². The number of benzene rings is 1. The molecule has 0 radical (unpaired) electrons. The van der Waals surface area contributed by atoms with E-state index in [0.29, 0.717) is 18.4 Å². The number of unbranched alkanes of at least 4 members (excludes halogenated alkanes) is 2. The van der Waals surface area contributed by atoms with Crippen molar-refractivity contribution in [3.63, 3.8) is 0 Å². The second kappa shape index (κ2) is 11.7. The van der Waals surface area contributed by atoms with Crippen molar-refractivity contribution in [3.8, 4) is 0 Å². The molecule has 2 bridgehead atoms. The maximum Gasteiger partial charge on any atom is 0.116 e. The average Bonchev–Trinajstić information content (AvgIpc) is 3.41. The van der Waals surface area contributed by atoms with Crippen molar-refractivity contribution in [2.75, 3.05) is 39.4 Å². The van der Waals surface area contributed by atoms with E-state index in [0.717, 1.165) is 38.0 Å². The number of nitrogens with zero attached hydrogens (tertiary/aromatic N) is 1. The lowest BCUT2D eigenvalue weighted by atomic mass is 9.80. The van der Waals surface area contributed by atoms with Gasteiger partial charge in [-0.3, -0.25) is 0 Å². The molecule has 1 saturated carbocycles. The molecule has 4 heteroatoms. The van der Waals surface area contributed by atoms with Gasteiger partial charge >= 0.3 is 0 Å². The minimum absolute atomic E-state index is 0.288. The lowest BCUT2D eigenvalue weighted by Gasteiger charge is -2.53. The Hall–Kier alpha value is -1.62. The molecule has 4 aliphatic rings. The predicted octanol–water partition coefficient (Wildman–Crippen LogP) is 5.58. The van der Waals surface area contributed by atoms with Crippen LogP contribution in [0.5, 0.6) is 0 Å². The topological polar surface area (TPSA) is 38.7 Å². The standard InChI is InChI=1S/C29H44NO3/c1-2-3-21-32-22-11-5-10-18-30-19-16-25(17-20-30)28(23-30)33-24-29(31,27-14-8-9-15-27)26-12-6-4-7-13-26/h2-4,6-7,12-13,21,25,27-28,31H,1,5,8-11,14-20,22-24H2/q+1/b21-3+/t25?,28-,29?,30?/m0/s1. The summed E-state index contributed by atoms with van der Waals surface area (Å²) in [4.78, 5) is 0. The van der Waals surface area contributed by atoms with Crippen LogP contribution in [-0.2, 0) is 15.1 Å². The lowest BCUT2D eigenvalue weighted by molar-refractivity contribution is -0.946. The number of allylic oxidation sites excluding steroid dienone is 2. The Morgan fingerprint density at radius 1 is 1.03 bits per heavy atom. The van der Waals surface area contributed by atoms with Crippen LogP contribution in [0.4, 0.5) is 0 Å². The largest absolute Gasteiger partial charge is 0.501 e. The third-order valence-corrected chi connectivity index (χ3v) is 8.57. The molecule has 4 fully saturated rings. The molecule has 0 amide bonds. The Bertz CT molecular complexity index is 749. The summed E-state index contributed by atoms with van der Waals surface area (Å²) in [5.74, 6) is 0.978. The Morgan fingerprint density at radius 3 is 2.52 bits per heavy atom. The van der Waals surface area contributed by atoms with Gasteiger partial charge in [0.1, 0.15) is 18.2 Å². The number of quaternary nitrogens is 1. The molecule has 1 unspecified atom stereocenters. The van der Waals surface area contributed by atoms with Gasteiger partial charge in [0.05, 0.1) is 39.1 Å². The fourth-order valence-electron chi connectivity index (χ4n) is 6.51. The highest BCUT2D eigenvalue weighted by Gasteiger charge is 2.48. The van der Waals surface area contributed by atoms with Crippen LogP contribution in [0.3, 0.4) is 0 Å². The van der Waals surface area contributed by atoms with Gasteiger partial charge in [0.15, 0.2) is 0 Å². The first-order chi connectivity index (χ1) is 16.2. The van der Waals surface area contributed by atoms with Gasteiger partial charge in [-0.05, 0) is 49.7 Å². The molecule has 3 aliphatic heterocycles. The number of piperidine rings is 3. The van der Waals surface area contributed by atoms with E-state index < -0.39 is 5.60 Å². The summed E-state index contributed by atoms with van der Waals surface area (Å²) in [5, 5.41) is 11.9. The van der Waals surface area contributed by atoms with Gasteiger partial charge < -0.3 is 19.1 Å². The number of hydrogen-bond donors (Lipinski definition) is 1. The van der Waals surface area contributed by atoms with Gasteiger partial charge in [-0.15, -0.1) is 0 Å². The van der Waals surface area contributed by atoms with Gasteiger partial charge in [0, 0.05) is 18.8 Å². The molecule has 1 aromatic carbocycles. The molecular formula is C29H44NO3+. The summed E-state index contributed by atoms with van der Waals surface area (Å²) in [6, 6.07) is 10.3. The summed E-state index contributed by atoms with van der Waals surface area (Å²) >= 11 is 0. The van der Waals surface area contributed by atoms with Crippen molar-refractivity contribution in [1.82, 2.24) is 0 Å². The van der Waals surface area contributed by atoms with E-state index in [4.69, 9.17) is 9.47 Å². The average molecular weight is 455 g/mol.